The Kier molecular flexibility index (Phi) is 4.86. The van der Waals surface area contributed by atoms with Gasteiger partial charge in [0.15, 0.2) is 0 Å². The minimum absolute atomic E-state index is 0.0649. The fourth-order valence-corrected chi connectivity index (χ4v) is 2.10. The smallest absolute Gasteiger partial charge is 0.248 e. The minimum atomic E-state index is -2.58. The molecule has 5 heteroatoms. The molecule has 100 valence electrons. The van der Waals surface area contributed by atoms with E-state index in [-0.39, 0.29) is 49.5 Å². The largest absolute Gasteiger partial charge is 0.352 e. The average Bonchev–Trinajstić information content (AvgIpc) is 2.25. The van der Waals surface area contributed by atoms with Crippen LogP contribution in [-0.2, 0) is 4.79 Å². The summed E-state index contributed by atoms with van der Waals surface area (Å²) < 4.78 is 25.9. The maximum Gasteiger partial charge on any atom is 0.248 e. The lowest BCUT2D eigenvalue weighted by atomic mass is 9.86. The standard InChI is InChI=1S/C12H22F2N2O/c1-8(2)10(7-15)16-11(17)9-3-5-12(13,14)6-4-9/h8-10H,3-7,15H2,1-2H3,(H,16,17). The molecule has 1 unspecified atom stereocenters. The summed E-state index contributed by atoms with van der Waals surface area (Å²) in [5.41, 5.74) is 5.56. The highest BCUT2D eigenvalue weighted by Gasteiger charge is 2.37. The second-order valence-corrected chi connectivity index (χ2v) is 5.23. The van der Waals surface area contributed by atoms with E-state index in [0.717, 1.165) is 0 Å². The summed E-state index contributed by atoms with van der Waals surface area (Å²) >= 11 is 0. The van der Waals surface area contributed by atoms with Crippen LogP contribution in [0.3, 0.4) is 0 Å². The van der Waals surface area contributed by atoms with Crippen molar-refractivity contribution in [2.45, 2.75) is 51.5 Å². The summed E-state index contributed by atoms with van der Waals surface area (Å²) in [5.74, 6) is -2.72. The van der Waals surface area contributed by atoms with Crippen molar-refractivity contribution in [3.8, 4) is 0 Å². The summed E-state index contributed by atoms with van der Waals surface area (Å²) in [5, 5.41) is 2.85. The molecule has 1 amide bonds. The number of rotatable bonds is 4. The van der Waals surface area contributed by atoms with Gasteiger partial charge in [0.25, 0.3) is 0 Å². The van der Waals surface area contributed by atoms with Crippen molar-refractivity contribution in [2.24, 2.45) is 17.6 Å². The zero-order valence-corrected chi connectivity index (χ0v) is 10.5. The first kappa shape index (κ1) is 14.4. The van der Waals surface area contributed by atoms with Crippen LogP contribution in [0.15, 0.2) is 0 Å². The van der Waals surface area contributed by atoms with Crippen molar-refractivity contribution in [2.75, 3.05) is 6.54 Å². The molecule has 0 radical (unpaired) electrons. The Morgan fingerprint density at radius 2 is 1.94 bits per heavy atom. The number of nitrogens with one attached hydrogen (secondary N) is 1. The van der Waals surface area contributed by atoms with E-state index in [4.69, 9.17) is 5.73 Å². The predicted molar refractivity (Wildman–Crippen MR) is 62.7 cm³/mol. The molecule has 1 atom stereocenters. The van der Waals surface area contributed by atoms with E-state index >= 15 is 0 Å². The molecule has 1 rings (SSSR count). The van der Waals surface area contributed by atoms with Gasteiger partial charge in [0, 0.05) is 31.3 Å². The Balaban J connectivity index is 2.44. The van der Waals surface area contributed by atoms with E-state index in [9.17, 15) is 13.6 Å². The average molecular weight is 248 g/mol. The zero-order valence-electron chi connectivity index (χ0n) is 10.5. The third kappa shape index (κ3) is 4.22. The Bertz CT molecular complexity index is 259. The van der Waals surface area contributed by atoms with Crippen LogP contribution in [-0.4, -0.2) is 24.4 Å². The topological polar surface area (TPSA) is 55.1 Å². The maximum absolute atomic E-state index is 12.9. The third-order valence-corrected chi connectivity index (χ3v) is 3.47. The molecule has 1 saturated carbocycles. The number of carbonyl (C=O) groups excluding carboxylic acids is 1. The van der Waals surface area contributed by atoms with Crippen molar-refractivity contribution in [3.05, 3.63) is 0 Å². The molecule has 0 aromatic rings. The molecule has 0 aromatic heterocycles. The van der Waals surface area contributed by atoms with E-state index in [2.05, 4.69) is 5.32 Å². The molecule has 1 aliphatic carbocycles. The second-order valence-electron chi connectivity index (χ2n) is 5.23. The molecule has 0 spiro atoms. The van der Waals surface area contributed by atoms with Crippen LogP contribution in [0.25, 0.3) is 0 Å². The lowest BCUT2D eigenvalue weighted by Gasteiger charge is -2.29. The lowest BCUT2D eigenvalue weighted by Crippen LogP contribution is -2.47. The van der Waals surface area contributed by atoms with Crippen molar-refractivity contribution >= 4 is 5.91 Å². The van der Waals surface area contributed by atoms with Gasteiger partial charge in [0.2, 0.25) is 11.8 Å². The number of alkyl halides is 2. The Hall–Kier alpha value is -0.710. The summed E-state index contributed by atoms with van der Waals surface area (Å²) in [6.07, 6.45) is 0.183. The molecule has 17 heavy (non-hydrogen) atoms. The highest BCUT2D eigenvalue weighted by molar-refractivity contribution is 5.79. The molecule has 0 heterocycles. The quantitative estimate of drug-likeness (QED) is 0.798. The van der Waals surface area contributed by atoms with Crippen LogP contribution in [0, 0.1) is 11.8 Å². The van der Waals surface area contributed by atoms with Gasteiger partial charge in [-0.3, -0.25) is 4.79 Å². The Morgan fingerprint density at radius 1 is 1.41 bits per heavy atom. The van der Waals surface area contributed by atoms with E-state index < -0.39 is 5.92 Å². The van der Waals surface area contributed by atoms with Gasteiger partial charge in [-0.25, -0.2) is 8.78 Å². The van der Waals surface area contributed by atoms with Gasteiger partial charge in [0.1, 0.15) is 0 Å². The first-order chi connectivity index (χ1) is 7.85. The molecule has 1 aliphatic rings. The molecule has 0 saturated heterocycles. The van der Waals surface area contributed by atoms with Gasteiger partial charge in [-0.05, 0) is 18.8 Å². The van der Waals surface area contributed by atoms with Crippen molar-refractivity contribution in [1.82, 2.24) is 5.32 Å². The molecule has 3 nitrogen and oxygen atoms in total. The SMILES string of the molecule is CC(C)C(CN)NC(=O)C1CCC(F)(F)CC1. The van der Waals surface area contributed by atoms with Gasteiger partial charge < -0.3 is 11.1 Å². The van der Waals surface area contributed by atoms with Gasteiger partial charge in [-0.15, -0.1) is 0 Å². The number of halogens is 2. The van der Waals surface area contributed by atoms with Crippen molar-refractivity contribution in [3.63, 3.8) is 0 Å². The van der Waals surface area contributed by atoms with Crippen molar-refractivity contribution in [1.29, 1.82) is 0 Å². The van der Waals surface area contributed by atoms with E-state index in [0.29, 0.717) is 6.54 Å². The van der Waals surface area contributed by atoms with Crippen LogP contribution < -0.4 is 11.1 Å². The van der Waals surface area contributed by atoms with Crippen LogP contribution in [0.4, 0.5) is 8.78 Å². The zero-order chi connectivity index (χ0) is 13.1. The van der Waals surface area contributed by atoms with Crippen LogP contribution in [0.1, 0.15) is 39.5 Å². The van der Waals surface area contributed by atoms with E-state index in [1.807, 2.05) is 13.8 Å². The predicted octanol–water partition coefficient (Wildman–Crippen LogP) is 1.91. The monoisotopic (exact) mass is 248 g/mol. The maximum atomic E-state index is 12.9. The third-order valence-electron chi connectivity index (χ3n) is 3.47. The number of hydrogen-bond donors (Lipinski definition) is 2. The fourth-order valence-electron chi connectivity index (χ4n) is 2.10. The number of nitrogens with two attached hydrogens (primary N) is 1. The van der Waals surface area contributed by atoms with Gasteiger partial charge in [-0.2, -0.15) is 0 Å². The Labute approximate surface area is 101 Å². The molecule has 1 fully saturated rings. The molecular weight excluding hydrogens is 226 g/mol. The highest BCUT2D eigenvalue weighted by Crippen LogP contribution is 2.36. The summed E-state index contributed by atoms with van der Waals surface area (Å²) in [7, 11) is 0. The van der Waals surface area contributed by atoms with Crippen LogP contribution in [0.2, 0.25) is 0 Å². The van der Waals surface area contributed by atoms with Crippen molar-refractivity contribution < 1.29 is 13.6 Å². The second kappa shape index (κ2) is 5.76. The molecular formula is C12H22F2N2O. The Morgan fingerprint density at radius 3 is 2.35 bits per heavy atom. The number of amides is 1. The number of hydrogen-bond acceptors (Lipinski definition) is 2. The molecule has 0 bridgehead atoms. The first-order valence-electron chi connectivity index (χ1n) is 6.24. The molecule has 0 aromatic carbocycles. The lowest BCUT2D eigenvalue weighted by molar-refractivity contribution is -0.130. The fraction of sp³-hybridized carbons (Fsp3) is 0.917. The van der Waals surface area contributed by atoms with E-state index in [1.165, 1.54) is 0 Å². The van der Waals surface area contributed by atoms with E-state index in [1.54, 1.807) is 0 Å². The first-order valence-corrected chi connectivity index (χ1v) is 6.24. The summed E-state index contributed by atoms with van der Waals surface area (Å²) in [6, 6.07) is -0.0649. The van der Waals surface area contributed by atoms with Gasteiger partial charge in [0.05, 0.1) is 0 Å². The molecule has 0 aliphatic heterocycles. The highest BCUT2D eigenvalue weighted by atomic mass is 19.3. The minimum Gasteiger partial charge on any atom is -0.352 e. The summed E-state index contributed by atoms with van der Waals surface area (Å²) in [4.78, 5) is 11.9. The number of carbonyl (C=O) groups is 1. The summed E-state index contributed by atoms with van der Waals surface area (Å²) in [6.45, 7) is 4.34. The van der Waals surface area contributed by atoms with Crippen LogP contribution >= 0.6 is 0 Å². The molecule has 3 N–H and O–H groups in total. The van der Waals surface area contributed by atoms with Crippen LogP contribution in [0.5, 0.6) is 0 Å². The van der Waals surface area contributed by atoms with Gasteiger partial charge >= 0.3 is 0 Å². The van der Waals surface area contributed by atoms with Gasteiger partial charge in [-0.1, -0.05) is 13.8 Å². The normalized spacial score (nSPS) is 22.5.